The predicted octanol–water partition coefficient (Wildman–Crippen LogP) is 6.55. The second-order valence-corrected chi connectivity index (χ2v) is 9.79. The van der Waals surface area contributed by atoms with E-state index in [2.05, 4.69) is 4.99 Å². The highest BCUT2D eigenvalue weighted by Crippen LogP contribution is 2.55. The second-order valence-electron chi connectivity index (χ2n) is 9.41. The molecule has 0 saturated heterocycles. The van der Waals surface area contributed by atoms with Crippen LogP contribution in [0.15, 0.2) is 76.7 Å². The summed E-state index contributed by atoms with van der Waals surface area (Å²) in [5.41, 5.74) is 2.31. The van der Waals surface area contributed by atoms with Crippen molar-refractivity contribution in [2.75, 3.05) is 14.1 Å². The van der Waals surface area contributed by atoms with Crippen LogP contribution in [-0.4, -0.2) is 35.2 Å². The van der Waals surface area contributed by atoms with Gasteiger partial charge in [0.15, 0.2) is 0 Å². The molecule has 1 amide bonds. The van der Waals surface area contributed by atoms with Gasteiger partial charge in [0.05, 0.1) is 11.3 Å². The summed E-state index contributed by atoms with van der Waals surface area (Å²) in [4.78, 5) is 31.3. The molecule has 1 aromatic heterocycles. The molecule has 0 spiro atoms. The fourth-order valence-electron chi connectivity index (χ4n) is 4.46. The summed E-state index contributed by atoms with van der Waals surface area (Å²) < 4.78 is 30.0. The number of hydrogen-bond donors (Lipinski definition) is 0. The Labute approximate surface area is 225 Å². The number of pyridine rings is 1. The molecule has 0 bridgehead atoms. The molecule has 38 heavy (non-hydrogen) atoms. The minimum absolute atomic E-state index is 0.0741. The van der Waals surface area contributed by atoms with Crippen LogP contribution in [0.4, 0.5) is 8.78 Å². The van der Waals surface area contributed by atoms with Crippen molar-refractivity contribution >= 4 is 29.4 Å². The number of hydrogen-bond acceptors (Lipinski definition) is 3. The Morgan fingerprint density at radius 1 is 1.11 bits per heavy atom. The lowest BCUT2D eigenvalue weighted by Gasteiger charge is -2.13. The summed E-state index contributed by atoms with van der Waals surface area (Å²) in [6.07, 6.45) is 7.04. The van der Waals surface area contributed by atoms with Gasteiger partial charge in [-0.1, -0.05) is 35.9 Å². The maximum absolute atomic E-state index is 15.4. The Balaban J connectivity index is 1.67. The van der Waals surface area contributed by atoms with E-state index < -0.39 is 17.3 Å². The summed E-state index contributed by atoms with van der Waals surface area (Å²) in [6.45, 7) is 3.57. The normalized spacial score (nSPS) is 17.4. The molecule has 3 aromatic rings. The zero-order chi connectivity index (χ0) is 27.6. The van der Waals surface area contributed by atoms with Gasteiger partial charge in [0, 0.05) is 37.8 Å². The van der Waals surface area contributed by atoms with Crippen molar-refractivity contribution in [2.24, 2.45) is 4.99 Å². The highest BCUT2D eigenvalue weighted by Gasteiger charge is 2.41. The second kappa shape index (κ2) is 11.3. The summed E-state index contributed by atoms with van der Waals surface area (Å²) in [5.74, 6) is -1.19. The van der Waals surface area contributed by atoms with Crippen LogP contribution in [-0.2, 0) is 0 Å². The SMILES string of the molecule is C/C=C/N=C(/C=C/n1c(C)cc(C2CC2c2ccc(F)cc2)c(Cl)c1=O)c1cccc(C(=O)N(C)C)c1F. The maximum atomic E-state index is 15.4. The van der Waals surface area contributed by atoms with Crippen molar-refractivity contribution < 1.29 is 13.6 Å². The zero-order valence-electron chi connectivity index (χ0n) is 21.6. The van der Waals surface area contributed by atoms with Crippen molar-refractivity contribution in [3.63, 3.8) is 0 Å². The molecular weight excluding hydrogens is 508 g/mol. The minimum Gasteiger partial charge on any atom is -0.345 e. The lowest BCUT2D eigenvalue weighted by atomic mass is 10.0. The molecule has 5 nitrogen and oxygen atoms in total. The van der Waals surface area contributed by atoms with Crippen molar-refractivity contribution in [1.82, 2.24) is 9.47 Å². The number of halogens is 3. The average molecular weight is 536 g/mol. The third-order valence-corrected chi connectivity index (χ3v) is 6.93. The molecule has 1 heterocycles. The largest absolute Gasteiger partial charge is 0.345 e. The third kappa shape index (κ3) is 5.53. The van der Waals surface area contributed by atoms with Crippen LogP contribution in [0.3, 0.4) is 0 Å². The quantitative estimate of drug-likeness (QED) is 0.322. The Morgan fingerprint density at radius 3 is 2.45 bits per heavy atom. The number of amides is 1. The van der Waals surface area contributed by atoms with Crippen molar-refractivity contribution in [1.29, 1.82) is 0 Å². The third-order valence-electron chi connectivity index (χ3n) is 6.55. The minimum atomic E-state index is -0.697. The molecule has 1 saturated carbocycles. The van der Waals surface area contributed by atoms with Crippen LogP contribution in [0, 0.1) is 18.6 Å². The van der Waals surface area contributed by atoms with Gasteiger partial charge in [-0.3, -0.25) is 19.1 Å². The first kappa shape index (κ1) is 27.2. The summed E-state index contributed by atoms with van der Waals surface area (Å²) in [7, 11) is 3.10. The molecular formula is C30H28ClF2N3O2. The highest BCUT2D eigenvalue weighted by molar-refractivity contribution is 6.31. The zero-order valence-corrected chi connectivity index (χ0v) is 22.3. The number of aliphatic imine (C=N–C) groups is 1. The first-order valence-corrected chi connectivity index (χ1v) is 12.6. The molecule has 0 aliphatic heterocycles. The molecule has 2 aromatic carbocycles. The van der Waals surface area contributed by atoms with Gasteiger partial charge in [-0.05, 0) is 79.6 Å². The van der Waals surface area contributed by atoms with E-state index in [1.807, 2.05) is 6.07 Å². The lowest BCUT2D eigenvalue weighted by Crippen LogP contribution is -2.23. The van der Waals surface area contributed by atoms with E-state index >= 15 is 4.39 Å². The molecule has 2 unspecified atom stereocenters. The standard InChI is InChI=1S/C30H28ClF2N3O2/c1-5-14-34-26(21-7-6-8-22(28(21)33)29(37)35(3)4)13-15-36-18(2)16-25(27(31)30(36)38)24-17-23(24)19-9-11-20(32)12-10-19/h5-16,23-24H,17H2,1-4H3/b14-5+,15-13+,34-26-. The monoisotopic (exact) mass is 535 g/mol. The van der Waals surface area contributed by atoms with Crippen molar-refractivity contribution in [3.8, 4) is 0 Å². The number of allylic oxidation sites excluding steroid dienone is 2. The van der Waals surface area contributed by atoms with Crippen LogP contribution in [0.1, 0.15) is 57.9 Å². The van der Waals surface area contributed by atoms with E-state index in [9.17, 15) is 14.0 Å². The number of carbonyl (C=O) groups excluding carboxylic acids is 1. The molecule has 4 rings (SSSR count). The summed E-state index contributed by atoms with van der Waals surface area (Å²) in [5, 5.41) is 0.117. The fraction of sp³-hybridized carbons (Fsp3) is 0.233. The molecule has 0 radical (unpaired) electrons. The summed E-state index contributed by atoms with van der Waals surface area (Å²) >= 11 is 6.54. The molecule has 196 valence electrons. The first-order valence-electron chi connectivity index (χ1n) is 12.2. The molecule has 2 atom stereocenters. The van der Waals surface area contributed by atoms with Gasteiger partial charge in [-0.2, -0.15) is 0 Å². The number of rotatable bonds is 7. The summed E-state index contributed by atoms with van der Waals surface area (Å²) in [6, 6.07) is 12.8. The molecule has 1 fully saturated rings. The van der Waals surface area contributed by atoms with Gasteiger partial charge in [-0.15, -0.1) is 0 Å². The van der Waals surface area contributed by atoms with E-state index in [-0.39, 0.29) is 39.5 Å². The van der Waals surface area contributed by atoms with E-state index in [4.69, 9.17) is 11.6 Å². The maximum Gasteiger partial charge on any atom is 0.273 e. The predicted molar refractivity (Wildman–Crippen MR) is 148 cm³/mol. The van der Waals surface area contributed by atoms with Crippen LogP contribution in [0.5, 0.6) is 0 Å². The van der Waals surface area contributed by atoms with Crippen molar-refractivity contribution in [2.45, 2.75) is 32.1 Å². The average Bonchev–Trinajstić information content (AvgIpc) is 3.69. The molecule has 0 N–H and O–H groups in total. The van der Waals surface area contributed by atoms with Crippen LogP contribution in [0.25, 0.3) is 6.20 Å². The smallest absolute Gasteiger partial charge is 0.273 e. The van der Waals surface area contributed by atoms with E-state index in [0.29, 0.717) is 5.69 Å². The number of benzene rings is 2. The topological polar surface area (TPSA) is 54.7 Å². The lowest BCUT2D eigenvalue weighted by molar-refractivity contribution is 0.0823. The fourth-order valence-corrected chi connectivity index (χ4v) is 4.74. The van der Waals surface area contributed by atoms with Gasteiger partial charge in [0.2, 0.25) is 0 Å². The molecule has 1 aliphatic carbocycles. The Bertz CT molecular complexity index is 1520. The van der Waals surface area contributed by atoms with Gasteiger partial charge in [0.25, 0.3) is 11.5 Å². The Hall–Kier alpha value is -3.84. The highest BCUT2D eigenvalue weighted by atomic mass is 35.5. The number of carbonyl (C=O) groups is 1. The van der Waals surface area contributed by atoms with Crippen LogP contribution in [0.2, 0.25) is 5.02 Å². The molecule has 8 heteroatoms. The van der Waals surface area contributed by atoms with Crippen LogP contribution < -0.4 is 5.56 Å². The van der Waals surface area contributed by atoms with Gasteiger partial charge < -0.3 is 4.90 Å². The van der Waals surface area contributed by atoms with Gasteiger partial charge in [0.1, 0.15) is 16.7 Å². The Morgan fingerprint density at radius 2 is 1.79 bits per heavy atom. The van der Waals surface area contributed by atoms with E-state index in [1.54, 1.807) is 52.2 Å². The number of aryl methyl sites for hydroxylation is 1. The van der Waals surface area contributed by atoms with Gasteiger partial charge >= 0.3 is 0 Å². The van der Waals surface area contributed by atoms with Crippen molar-refractivity contribution in [3.05, 3.63) is 122 Å². The number of nitrogens with zero attached hydrogens (tertiary/aromatic N) is 3. The van der Waals surface area contributed by atoms with Gasteiger partial charge in [-0.25, -0.2) is 8.78 Å². The molecule has 1 aliphatic rings. The van der Waals surface area contributed by atoms with E-state index in [0.717, 1.165) is 17.5 Å². The Kier molecular flexibility index (Phi) is 8.07. The van der Waals surface area contributed by atoms with Crippen LogP contribution >= 0.6 is 11.6 Å². The number of aromatic nitrogens is 1. The van der Waals surface area contributed by atoms with E-state index in [1.165, 1.54) is 52.2 Å². The first-order chi connectivity index (χ1) is 18.1.